The lowest BCUT2D eigenvalue weighted by atomic mass is 9.73. The van der Waals surface area contributed by atoms with E-state index < -0.39 is 0 Å². The summed E-state index contributed by atoms with van der Waals surface area (Å²) in [4.78, 5) is 1.95. The van der Waals surface area contributed by atoms with Crippen LogP contribution in [0.2, 0.25) is 0 Å². The minimum atomic E-state index is 0. The molecular formula is C21H42ClN. The molecule has 1 N–H and O–H groups in total. The van der Waals surface area contributed by atoms with Crippen molar-refractivity contribution in [2.24, 2.45) is 5.41 Å². The molecule has 1 atom stereocenters. The van der Waals surface area contributed by atoms with Gasteiger partial charge in [0.05, 0.1) is 19.6 Å². The topological polar surface area (TPSA) is 4.44 Å². The van der Waals surface area contributed by atoms with Crippen LogP contribution in [-0.4, -0.2) is 19.6 Å². The Morgan fingerprint density at radius 3 is 1.87 bits per heavy atom. The molecule has 0 aromatic rings. The minimum Gasteiger partial charge on any atom is -1.00 e. The lowest BCUT2D eigenvalue weighted by molar-refractivity contribution is -0.891. The van der Waals surface area contributed by atoms with Crippen molar-refractivity contribution in [3.8, 4) is 0 Å². The standard InChI is InChI=1S/C21H41N.ClH/c1-2-3-4-5-6-7-8-9-10-14-18-22-19-17-21(20-22)15-12-11-13-16-21;/h2-20H2,1H3;1H. The van der Waals surface area contributed by atoms with Gasteiger partial charge >= 0.3 is 0 Å². The van der Waals surface area contributed by atoms with Crippen molar-refractivity contribution < 1.29 is 17.3 Å². The summed E-state index contributed by atoms with van der Waals surface area (Å²) >= 11 is 0. The molecular weight excluding hydrogens is 302 g/mol. The van der Waals surface area contributed by atoms with Crippen LogP contribution in [0.25, 0.3) is 0 Å². The van der Waals surface area contributed by atoms with Crippen LogP contribution in [0.15, 0.2) is 0 Å². The van der Waals surface area contributed by atoms with E-state index in [1.807, 2.05) is 4.90 Å². The zero-order valence-corrected chi connectivity index (χ0v) is 16.6. The molecule has 1 spiro atoms. The summed E-state index contributed by atoms with van der Waals surface area (Å²) in [7, 11) is 0. The molecule has 0 bridgehead atoms. The molecule has 2 rings (SSSR count). The number of hydrogen-bond acceptors (Lipinski definition) is 0. The van der Waals surface area contributed by atoms with Crippen molar-refractivity contribution in [2.75, 3.05) is 19.6 Å². The van der Waals surface area contributed by atoms with Gasteiger partial charge in [0.2, 0.25) is 0 Å². The Balaban J connectivity index is 0.00000264. The molecule has 0 aromatic heterocycles. The molecule has 23 heavy (non-hydrogen) atoms. The fraction of sp³-hybridized carbons (Fsp3) is 1.00. The number of likely N-dealkylation sites (tertiary alicyclic amines) is 1. The van der Waals surface area contributed by atoms with Crippen molar-refractivity contribution in [3.63, 3.8) is 0 Å². The van der Waals surface area contributed by atoms with Crippen molar-refractivity contribution in [1.82, 2.24) is 0 Å². The summed E-state index contributed by atoms with van der Waals surface area (Å²) in [5, 5.41) is 0. The molecule has 1 nitrogen and oxygen atoms in total. The van der Waals surface area contributed by atoms with Crippen LogP contribution in [0.5, 0.6) is 0 Å². The van der Waals surface area contributed by atoms with Crippen molar-refractivity contribution >= 4 is 0 Å². The van der Waals surface area contributed by atoms with Gasteiger partial charge in [-0.25, -0.2) is 0 Å². The first-order chi connectivity index (χ1) is 10.8. The third-order valence-corrected chi connectivity index (χ3v) is 6.43. The van der Waals surface area contributed by atoms with Gasteiger partial charge in [0, 0.05) is 11.8 Å². The molecule has 1 saturated heterocycles. The van der Waals surface area contributed by atoms with E-state index in [0.29, 0.717) is 0 Å². The molecule has 2 fully saturated rings. The molecule has 1 saturated carbocycles. The summed E-state index contributed by atoms with van der Waals surface area (Å²) in [5.74, 6) is 0. The zero-order valence-electron chi connectivity index (χ0n) is 15.8. The van der Waals surface area contributed by atoms with E-state index in [9.17, 15) is 0 Å². The Hall–Kier alpha value is 0.250. The molecule has 1 unspecified atom stereocenters. The molecule has 0 amide bonds. The fourth-order valence-electron chi connectivity index (χ4n) is 4.95. The van der Waals surface area contributed by atoms with Gasteiger partial charge in [-0.15, -0.1) is 0 Å². The van der Waals surface area contributed by atoms with Crippen LogP contribution in [0.4, 0.5) is 0 Å². The van der Waals surface area contributed by atoms with Gasteiger partial charge < -0.3 is 17.3 Å². The van der Waals surface area contributed by atoms with Crippen LogP contribution in [-0.2, 0) is 0 Å². The molecule has 138 valence electrons. The Morgan fingerprint density at radius 2 is 1.26 bits per heavy atom. The highest BCUT2D eigenvalue weighted by molar-refractivity contribution is 4.84. The minimum absolute atomic E-state index is 0. The lowest BCUT2D eigenvalue weighted by Gasteiger charge is -2.31. The van der Waals surface area contributed by atoms with Gasteiger partial charge in [0.25, 0.3) is 0 Å². The smallest absolute Gasteiger partial charge is 0.0830 e. The first kappa shape index (κ1) is 21.3. The number of unbranched alkanes of at least 4 members (excludes halogenated alkanes) is 9. The zero-order chi connectivity index (χ0) is 15.5. The van der Waals surface area contributed by atoms with Crippen LogP contribution in [0.1, 0.15) is 110 Å². The lowest BCUT2D eigenvalue weighted by Crippen LogP contribution is -3.10. The number of rotatable bonds is 11. The molecule has 2 heteroatoms. The Labute approximate surface area is 152 Å². The normalized spacial score (nSPS) is 23.1. The second-order valence-electron chi connectivity index (χ2n) is 8.42. The second-order valence-corrected chi connectivity index (χ2v) is 8.42. The molecule has 1 aliphatic heterocycles. The van der Waals surface area contributed by atoms with E-state index in [4.69, 9.17) is 0 Å². The fourth-order valence-corrected chi connectivity index (χ4v) is 4.95. The molecule has 1 aliphatic carbocycles. The van der Waals surface area contributed by atoms with Gasteiger partial charge in [-0.2, -0.15) is 0 Å². The van der Waals surface area contributed by atoms with E-state index in [0.717, 1.165) is 5.41 Å². The van der Waals surface area contributed by atoms with Crippen molar-refractivity contribution in [1.29, 1.82) is 0 Å². The van der Waals surface area contributed by atoms with Gasteiger partial charge in [-0.3, -0.25) is 0 Å². The molecule has 2 aliphatic rings. The average Bonchev–Trinajstić information content (AvgIpc) is 2.92. The van der Waals surface area contributed by atoms with E-state index in [2.05, 4.69) is 6.92 Å². The highest BCUT2D eigenvalue weighted by Crippen LogP contribution is 2.39. The van der Waals surface area contributed by atoms with Crippen molar-refractivity contribution in [2.45, 2.75) is 110 Å². The van der Waals surface area contributed by atoms with E-state index in [1.54, 1.807) is 19.3 Å². The summed E-state index contributed by atoms with van der Waals surface area (Å²) in [6, 6.07) is 0. The van der Waals surface area contributed by atoms with Crippen LogP contribution in [0.3, 0.4) is 0 Å². The third-order valence-electron chi connectivity index (χ3n) is 6.43. The Morgan fingerprint density at radius 1 is 0.696 bits per heavy atom. The summed E-state index contributed by atoms with van der Waals surface area (Å²) in [6.07, 6.45) is 23.9. The summed E-state index contributed by atoms with van der Waals surface area (Å²) in [5.41, 5.74) is 0.798. The monoisotopic (exact) mass is 343 g/mol. The summed E-state index contributed by atoms with van der Waals surface area (Å²) < 4.78 is 0. The maximum atomic E-state index is 2.30. The molecule has 0 aromatic carbocycles. The average molecular weight is 344 g/mol. The number of hydrogen-bond donors (Lipinski definition) is 1. The highest BCUT2D eigenvalue weighted by atomic mass is 35.5. The molecule has 1 heterocycles. The first-order valence-corrected chi connectivity index (χ1v) is 10.7. The predicted molar refractivity (Wildman–Crippen MR) is 97.5 cm³/mol. The van der Waals surface area contributed by atoms with Gasteiger partial charge in [0.15, 0.2) is 0 Å². The second kappa shape index (κ2) is 12.6. The number of nitrogens with one attached hydrogen (secondary N) is 1. The van der Waals surface area contributed by atoms with Crippen LogP contribution in [0, 0.1) is 5.41 Å². The highest BCUT2D eigenvalue weighted by Gasteiger charge is 2.41. The molecule has 0 radical (unpaired) electrons. The quantitative estimate of drug-likeness (QED) is 0.548. The summed E-state index contributed by atoms with van der Waals surface area (Å²) in [6.45, 7) is 6.78. The van der Waals surface area contributed by atoms with Crippen molar-refractivity contribution in [3.05, 3.63) is 0 Å². The SMILES string of the molecule is CCCCCCCCCCCC[NH+]1CCC2(CCCCC2)C1.[Cl-]. The number of quaternary nitrogens is 1. The largest absolute Gasteiger partial charge is 1.00 e. The van der Waals surface area contributed by atoms with Gasteiger partial charge in [-0.1, -0.05) is 77.6 Å². The van der Waals surface area contributed by atoms with Crippen LogP contribution >= 0.6 is 0 Å². The first-order valence-electron chi connectivity index (χ1n) is 10.7. The van der Waals surface area contributed by atoms with E-state index in [-0.39, 0.29) is 12.4 Å². The Kier molecular flexibility index (Phi) is 11.7. The Bertz CT molecular complexity index is 273. The third kappa shape index (κ3) is 8.25. The predicted octanol–water partition coefficient (Wildman–Crippen LogP) is 2.15. The maximum absolute atomic E-state index is 2.30. The van der Waals surface area contributed by atoms with E-state index in [1.165, 1.54) is 103 Å². The maximum Gasteiger partial charge on any atom is 0.0830 e. The van der Waals surface area contributed by atoms with Gasteiger partial charge in [-0.05, 0) is 25.7 Å². The van der Waals surface area contributed by atoms with Crippen LogP contribution < -0.4 is 17.3 Å². The number of halogens is 1. The van der Waals surface area contributed by atoms with E-state index >= 15 is 0 Å². The van der Waals surface area contributed by atoms with Gasteiger partial charge in [0.1, 0.15) is 0 Å².